The summed E-state index contributed by atoms with van der Waals surface area (Å²) in [5.74, 6) is -0.220. The first-order valence-electron chi connectivity index (χ1n) is 6.32. The molecule has 0 aliphatic rings. The molecule has 0 atom stereocenters. The molecule has 0 bridgehead atoms. The molecule has 0 unspecified atom stereocenters. The van der Waals surface area contributed by atoms with Crippen LogP contribution in [-0.4, -0.2) is 33.9 Å². The van der Waals surface area contributed by atoms with Crippen LogP contribution in [0.1, 0.15) is 16.1 Å². The number of nitrogens with zero attached hydrogens (tertiary/aromatic N) is 3. The maximum Gasteiger partial charge on any atom is 0.261 e. The standard InChI is InChI=1S/C14H18N4O2/c1-10-11(9-17(2)16-10)14(20)18(7-8-19)13-6-4-3-5-12(13)15/h3-6,9,19H,7-8,15H2,1-2H3. The average Bonchev–Trinajstić information content (AvgIpc) is 2.75. The molecule has 0 aliphatic heterocycles. The highest BCUT2D eigenvalue weighted by Gasteiger charge is 2.22. The van der Waals surface area contributed by atoms with Gasteiger partial charge in [-0.3, -0.25) is 9.48 Å². The predicted molar refractivity (Wildman–Crippen MR) is 77.6 cm³/mol. The van der Waals surface area contributed by atoms with Gasteiger partial charge in [0.2, 0.25) is 0 Å². The number of aromatic nitrogens is 2. The van der Waals surface area contributed by atoms with Crippen molar-refractivity contribution in [2.75, 3.05) is 23.8 Å². The van der Waals surface area contributed by atoms with Crippen molar-refractivity contribution < 1.29 is 9.90 Å². The van der Waals surface area contributed by atoms with E-state index in [-0.39, 0.29) is 19.1 Å². The van der Waals surface area contributed by atoms with Crippen LogP contribution in [0.4, 0.5) is 11.4 Å². The number of nitrogens with two attached hydrogens (primary N) is 1. The Hall–Kier alpha value is -2.34. The van der Waals surface area contributed by atoms with E-state index in [1.54, 1.807) is 49.1 Å². The van der Waals surface area contributed by atoms with E-state index in [2.05, 4.69) is 5.10 Å². The molecule has 1 heterocycles. The fraction of sp³-hybridized carbons (Fsp3) is 0.286. The Morgan fingerprint density at radius 3 is 2.70 bits per heavy atom. The number of hydrogen-bond donors (Lipinski definition) is 2. The van der Waals surface area contributed by atoms with Gasteiger partial charge >= 0.3 is 0 Å². The first kappa shape index (κ1) is 14.1. The van der Waals surface area contributed by atoms with Crippen LogP contribution in [0, 0.1) is 6.92 Å². The number of para-hydroxylation sites is 2. The van der Waals surface area contributed by atoms with Crippen molar-refractivity contribution in [1.82, 2.24) is 9.78 Å². The van der Waals surface area contributed by atoms with Gasteiger partial charge in [0.15, 0.2) is 0 Å². The highest BCUT2D eigenvalue weighted by molar-refractivity contribution is 6.08. The Morgan fingerprint density at radius 2 is 2.15 bits per heavy atom. The maximum absolute atomic E-state index is 12.6. The number of aliphatic hydroxyl groups is 1. The maximum atomic E-state index is 12.6. The van der Waals surface area contributed by atoms with Crippen molar-refractivity contribution in [2.24, 2.45) is 7.05 Å². The van der Waals surface area contributed by atoms with Crippen LogP contribution in [0.5, 0.6) is 0 Å². The molecule has 0 saturated carbocycles. The molecular weight excluding hydrogens is 256 g/mol. The molecule has 20 heavy (non-hydrogen) atoms. The van der Waals surface area contributed by atoms with E-state index >= 15 is 0 Å². The second-order valence-electron chi connectivity index (χ2n) is 4.54. The van der Waals surface area contributed by atoms with Gasteiger partial charge < -0.3 is 15.7 Å². The number of benzene rings is 1. The molecule has 0 fully saturated rings. The van der Waals surface area contributed by atoms with E-state index < -0.39 is 0 Å². The van der Waals surface area contributed by atoms with Crippen LogP contribution in [-0.2, 0) is 7.05 Å². The second-order valence-corrected chi connectivity index (χ2v) is 4.54. The minimum atomic E-state index is -0.220. The summed E-state index contributed by atoms with van der Waals surface area (Å²) in [6.45, 7) is 1.82. The number of anilines is 2. The van der Waals surface area contributed by atoms with Crippen molar-refractivity contribution >= 4 is 17.3 Å². The minimum Gasteiger partial charge on any atom is -0.397 e. The zero-order valence-corrected chi connectivity index (χ0v) is 11.6. The van der Waals surface area contributed by atoms with Crippen molar-refractivity contribution in [1.29, 1.82) is 0 Å². The first-order valence-corrected chi connectivity index (χ1v) is 6.32. The summed E-state index contributed by atoms with van der Waals surface area (Å²) in [6, 6.07) is 7.09. The second kappa shape index (κ2) is 5.75. The molecule has 6 nitrogen and oxygen atoms in total. The highest BCUT2D eigenvalue weighted by atomic mass is 16.3. The van der Waals surface area contributed by atoms with Crippen LogP contribution in [0.2, 0.25) is 0 Å². The van der Waals surface area contributed by atoms with Gasteiger partial charge in [-0.25, -0.2) is 0 Å². The highest BCUT2D eigenvalue weighted by Crippen LogP contribution is 2.24. The summed E-state index contributed by atoms with van der Waals surface area (Å²) >= 11 is 0. The summed E-state index contributed by atoms with van der Waals surface area (Å²) < 4.78 is 1.59. The van der Waals surface area contributed by atoms with Gasteiger partial charge in [-0.2, -0.15) is 5.10 Å². The normalized spacial score (nSPS) is 10.6. The van der Waals surface area contributed by atoms with Crippen LogP contribution in [0.15, 0.2) is 30.5 Å². The number of aryl methyl sites for hydroxylation is 2. The van der Waals surface area contributed by atoms with Gasteiger partial charge in [-0.15, -0.1) is 0 Å². The fourth-order valence-electron chi connectivity index (χ4n) is 2.12. The summed E-state index contributed by atoms with van der Waals surface area (Å²) in [7, 11) is 1.76. The van der Waals surface area contributed by atoms with E-state index in [1.807, 2.05) is 0 Å². The molecule has 0 aliphatic carbocycles. The molecule has 2 rings (SSSR count). The number of amides is 1. The fourth-order valence-corrected chi connectivity index (χ4v) is 2.12. The third-order valence-electron chi connectivity index (χ3n) is 3.04. The Kier molecular flexibility index (Phi) is 4.05. The van der Waals surface area contributed by atoms with E-state index in [4.69, 9.17) is 5.73 Å². The van der Waals surface area contributed by atoms with Gasteiger partial charge in [0, 0.05) is 19.8 Å². The average molecular weight is 274 g/mol. The summed E-state index contributed by atoms with van der Waals surface area (Å²) in [6.07, 6.45) is 1.67. The van der Waals surface area contributed by atoms with Gasteiger partial charge in [-0.05, 0) is 19.1 Å². The molecule has 1 amide bonds. The van der Waals surface area contributed by atoms with E-state index in [1.165, 1.54) is 4.90 Å². The zero-order chi connectivity index (χ0) is 14.7. The zero-order valence-electron chi connectivity index (χ0n) is 11.6. The smallest absolute Gasteiger partial charge is 0.261 e. The minimum absolute atomic E-state index is 0.139. The van der Waals surface area contributed by atoms with Gasteiger partial charge in [0.05, 0.1) is 29.2 Å². The number of aliphatic hydroxyl groups excluding tert-OH is 1. The molecular formula is C14H18N4O2. The summed E-state index contributed by atoms with van der Waals surface area (Å²) in [4.78, 5) is 14.1. The van der Waals surface area contributed by atoms with Gasteiger partial charge in [0.1, 0.15) is 0 Å². The van der Waals surface area contributed by atoms with E-state index in [0.29, 0.717) is 22.6 Å². The van der Waals surface area contributed by atoms with Crippen molar-refractivity contribution in [3.8, 4) is 0 Å². The van der Waals surface area contributed by atoms with Crippen LogP contribution in [0.3, 0.4) is 0 Å². The quantitative estimate of drug-likeness (QED) is 0.813. The Labute approximate surface area is 117 Å². The number of rotatable bonds is 4. The molecule has 6 heteroatoms. The lowest BCUT2D eigenvalue weighted by molar-refractivity contribution is 0.0980. The third-order valence-corrected chi connectivity index (χ3v) is 3.04. The molecule has 2 aromatic rings. The van der Waals surface area contributed by atoms with Gasteiger partial charge in [-0.1, -0.05) is 12.1 Å². The summed E-state index contributed by atoms with van der Waals surface area (Å²) in [5.41, 5.74) is 8.16. The summed E-state index contributed by atoms with van der Waals surface area (Å²) in [5, 5.41) is 13.4. The Morgan fingerprint density at radius 1 is 1.45 bits per heavy atom. The lowest BCUT2D eigenvalue weighted by Gasteiger charge is -2.23. The number of carbonyl (C=O) groups is 1. The lowest BCUT2D eigenvalue weighted by Crippen LogP contribution is -2.34. The lowest BCUT2D eigenvalue weighted by atomic mass is 10.2. The molecule has 1 aromatic heterocycles. The van der Waals surface area contributed by atoms with E-state index in [0.717, 1.165) is 0 Å². The topological polar surface area (TPSA) is 84.4 Å². The van der Waals surface area contributed by atoms with Crippen LogP contribution in [0.25, 0.3) is 0 Å². The van der Waals surface area contributed by atoms with Gasteiger partial charge in [0.25, 0.3) is 5.91 Å². The molecule has 3 N–H and O–H groups in total. The van der Waals surface area contributed by atoms with E-state index in [9.17, 15) is 9.90 Å². The molecule has 0 spiro atoms. The number of carbonyl (C=O) groups excluding carboxylic acids is 1. The monoisotopic (exact) mass is 274 g/mol. The molecule has 1 aromatic carbocycles. The molecule has 106 valence electrons. The first-order chi connectivity index (χ1) is 9.54. The van der Waals surface area contributed by atoms with Crippen LogP contribution < -0.4 is 10.6 Å². The number of nitrogen functional groups attached to an aromatic ring is 1. The van der Waals surface area contributed by atoms with Crippen molar-refractivity contribution in [3.63, 3.8) is 0 Å². The SMILES string of the molecule is Cc1nn(C)cc1C(=O)N(CCO)c1ccccc1N. The van der Waals surface area contributed by atoms with Crippen LogP contribution >= 0.6 is 0 Å². The third kappa shape index (κ3) is 2.65. The number of hydrogen-bond acceptors (Lipinski definition) is 4. The largest absolute Gasteiger partial charge is 0.397 e. The Balaban J connectivity index is 2.41. The molecule has 0 saturated heterocycles. The van der Waals surface area contributed by atoms with Crippen molar-refractivity contribution in [3.05, 3.63) is 41.7 Å². The van der Waals surface area contributed by atoms with Crippen molar-refractivity contribution in [2.45, 2.75) is 6.92 Å². The molecule has 0 radical (unpaired) electrons. The predicted octanol–water partition coefficient (Wildman–Crippen LogP) is 0.950. The Bertz CT molecular complexity index is 621.